The highest BCUT2D eigenvalue weighted by Crippen LogP contribution is 2.11. The van der Waals surface area contributed by atoms with E-state index in [-0.39, 0.29) is 5.91 Å². The molecule has 138 valence electrons. The Hall–Kier alpha value is -2.94. The molecule has 3 aromatic rings. The Morgan fingerprint density at radius 3 is 2.30 bits per heavy atom. The van der Waals surface area contributed by atoms with E-state index in [4.69, 9.17) is 0 Å². The van der Waals surface area contributed by atoms with Crippen LogP contribution in [0.2, 0.25) is 0 Å². The molecule has 0 spiro atoms. The summed E-state index contributed by atoms with van der Waals surface area (Å²) < 4.78 is 0. The number of pyridine rings is 1. The zero-order valence-electron chi connectivity index (χ0n) is 15.8. The molecule has 2 aromatic carbocycles. The molecule has 0 unspecified atom stereocenters. The van der Waals surface area contributed by atoms with Gasteiger partial charge in [0.05, 0.1) is 0 Å². The van der Waals surface area contributed by atoms with Gasteiger partial charge in [0.1, 0.15) is 0 Å². The number of carbonyl (C=O) groups is 1. The van der Waals surface area contributed by atoms with Crippen LogP contribution < -0.4 is 0 Å². The smallest absolute Gasteiger partial charge is 0.223 e. The highest BCUT2D eigenvalue weighted by atomic mass is 16.2. The SMILES string of the molecule is Cc1ccc(CCC(=O)N(CCc2ccccn2)Cc2ccccc2)cc1. The first kappa shape index (κ1) is 18.8. The van der Waals surface area contributed by atoms with E-state index in [2.05, 4.69) is 48.3 Å². The molecule has 27 heavy (non-hydrogen) atoms. The summed E-state index contributed by atoms with van der Waals surface area (Å²) in [4.78, 5) is 19.3. The molecule has 0 saturated carbocycles. The minimum Gasteiger partial charge on any atom is -0.338 e. The Labute approximate surface area is 161 Å². The van der Waals surface area contributed by atoms with Crippen LogP contribution in [-0.4, -0.2) is 22.3 Å². The minimum atomic E-state index is 0.190. The van der Waals surface area contributed by atoms with Gasteiger partial charge >= 0.3 is 0 Å². The molecule has 0 bridgehead atoms. The van der Waals surface area contributed by atoms with Gasteiger partial charge < -0.3 is 4.90 Å². The van der Waals surface area contributed by atoms with E-state index in [1.165, 1.54) is 11.1 Å². The van der Waals surface area contributed by atoms with E-state index in [1.54, 1.807) is 6.20 Å². The Bertz CT molecular complexity index is 829. The molecule has 3 heteroatoms. The van der Waals surface area contributed by atoms with Gasteiger partial charge in [0.2, 0.25) is 5.91 Å². The van der Waals surface area contributed by atoms with Crippen molar-refractivity contribution in [3.63, 3.8) is 0 Å². The molecule has 3 rings (SSSR count). The average molecular weight is 358 g/mol. The molecule has 0 aliphatic rings. The number of amides is 1. The number of rotatable bonds is 8. The largest absolute Gasteiger partial charge is 0.338 e. The van der Waals surface area contributed by atoms with Gasteiger partial charge in [-0.2, -0.15) is 0 Å². The molecule has 0 fully saturated rings. The molecule has 3 nitrogen and oxygen atoms in total. The van der Waals surface area contributed by atoms with Gasteiger partial charge in [0.15, 0.2) is 0 Å². The maximum Gasteiger partial charge on any atom is 0.223 e. The van der Waals surface area contributed by atoms with Crippen molar-refractivity contribution in [2.45, 2.75) is 32.7 Å². The van der Waals surface area contributed by atoms with Crippen molar-refractivity contribution < 1.29 is 4.79 Å². The van der Waals surface area contributed by atoms with Crippen molar-refractivity contribution in [3.05, 3.63) is 101 Å². The molecular weight excluding hydrogens is 332 g/mol. The number of aryl methyl sites for hydroxylation is 2. The third-order valence-electron chi connectivity index (χ3n) is 4.68. The van der Waals surface area contributed by atoms with Gasteiger partial charge in [-0.15, -0.1) is 0 Å². The summed E-state index contributed by atoms with van der Waals surface area (Å²) in [6.07, 6.45) is 3.87. The van der Waals surface area contributed by atoms with Crippen LogP contribution in [0, 0.1) is 6.92 Å². The first-order valence-electron chi connectivity index (χ1n) is 9.48. The third-order valence-corrected chi connectivity index (χ3v) is 4.68. The highest BCUT2D eigenvalue weighted by molar-refractivity contribution is 5.76. The van der Waals surface area contributed by atoms with Crippen LogP contribution in [0.3, 0.4) is 0 Å². The fourth-order valence-corrected chi connectivity index (χ4v) is 3.06. The number of carbonyl (C=O) groups excluding carboxylic acids is 1. The lowest BCUT2D eigenvalue weighted by Crippen LogP contribution is -2.32. The minimum absolute atomic E-state index is 0.190. The van der Waals surface area contributed by atoms with E-state index in [1.807, 2.05) is 41.3 Å². The maximum atomic E-state index is 12.9. The zero-order valence-corrected chi connectivity index (χ0v) is 15.8. The van der Waals surface area contributed by atoms with Crippen molar-refractivity contribution in [2.24, 2.45) is 0 Å². The van der Waals surface area contributed by atoms with Crippen molar-refractivity contribution in [1.82, 2.24) is 9.88 Å². The Morgan fingerprint density at radius 1 is 0.852 bits per heavy atom. The van der Waals surface area contributed by atoms with Crippen LogP contribution in [0.15, 0.2) is 79.0 Å². The molecule has 0 radical (unpaired) electrons. The molecule has 1 amide bonds. The fourth-order valence-electron chi connectivity index (χ4n) is 3.06. The van der Waals surface area contributed by atoms with Crippen LogP contribution in [0.25, 0.3) is 0 Å². The zero-order chi connectivity index (χ0) is 18.9. The van der Waals surface area contributed by atoms with E-state index in [9.17, 15) is 4.79 Å². The number of benzene rings is 2. The average Bonchev–Trinajstić information content (AvgIpc) is 2.72. The van der Waals surface area contributed by atoms with Crippen molar-refractivity contribution in [2.75, 3.05) is 6.54 Å². The molecule has 0 N–H and O–H groups in total. The summed E-state index contributed by atoms with van der Waals surface area (Å²) in [5, 5.41) is 0. The second-order valence-electron chi connectivity index (χ2n) is 6.86. The van der Waals surface area contributed by atoms with E-state index >= 15 is 0 Å². The first-order valence-corrected chi connectivity index (χ1v) is 9.48. The Morgan fingerprint density at radius 2 is 1.59 bits per heavy atom. The number of hydrogen-bond acceptors (Lipinski definition) is 2. The summed E-state index contributed by atoms with van der Waals surface area (Å²) in [5.74, 6) is 0.190. The molecule has 0 saturated heterocycles. The summed E-state index contributed by atoms with van der Waals surface area (Å²) in [6.45, 7) is 3.40. The molecular formula is C24H26N2O. The lowest BCUT2D eigenvalue weighted by Gasteiger charge is -2.23. The van der Waals surface area contributed by atoms with Gasteiger partial charge in [-0.05, 0) is 36.6 Å². The van der Waals surface area contributed by atoms with Crippen molar-refractivity contribution in [3.8, 4) is 0 Å². The predicted molar refractivity (Wildman–Crippen MR) is 109 cm³/mol. The van der Waals surface area contributed by atoms with Crippen LogP contribution in [0.1, 0.15) is 28.8 Å². The lowest BCUT2D eigenvalue weighted by atomic mass is 10.1. The number of hydrogen-bond donors (Lipinski definition) is 0. The monoisotopic (exact) mass is 358 g/mol. The van der Waals surface area contributed by atoms with Crippen molar-refractivity contribution in [1.29, 1.82) is 0 Å². The second kappa shape index (κ2) is 9.67. The van der Waals surface area contributed by atoms with Gasteiger partial charge in [-0.1, -0.05) is 66.2 Å². The second-order valence-corrected chi connectivity index (χ2v) is 6.86. The van der Waals surface area contributed by atoms with Crippen LogP contribution in [0.4, 0.5) is 0 Å². The highest BCUT2D eigenvalue weighted by Gasteiger charge is 2.14. The van der Waals surface area contributed by atoms with Gasteiger partial charge in [-0.3, -0.25) is 9.78 Å². The van der Waals surface area contributed by atoms with Crippen LogP contribution in [0.5, 0.6) is 0 Å². The number of aromatic nitrogens is 1. The standard InChI is InChI=1S/C24H26N2O/c1-20-10-12-21(13-11-20)14-15-24(27)26(19-22-7-3-2-4-8-22)18-16-23-9-5-6-17-25-23/h2-13,17H,14-16,18-19H2,1H3. The lowest BCUT2D eigenvalue weighted by molar-refractivity contribution is -0.131. The predicted octanol–water partition coefficient (Wildman–Crippen LogP) is 4.59. The maximum absolute atomic E-state index is 12.9. The summed E-state index contributed by atoms with van der Waals surface area (Å²) in [6, 6.07) is 24.5. The normalized spacial score (nSPS) is 10.6. The van der Waals surface area contributed by atoms with Crippen molar-refractivity contribution >= 4 is 5.91 Å². The van der Waals surface area contributed by atoms with Gasteiger partial charge in [0, 0.05) is 37.8 Å². The summed E-state index contributed by atoms with van der Waals surface area (Å²) in [5.41, 5.74) is 4.62. The van der Waals surface area contributed by atoms with Crippen LogP contribution in [-0.2, 0) is 24.2 Å². The Kier molecular flexibility index (Phi) is 6.75. The molecule has 0 aliphatic heterocycles. The van der Waals surface area contributed by atoms with E-state index in [0.29, 0.717) is 19.5 Å². The van der Waals surface area contributed by atoms with E-state index < -0.39 is 0 Å². The Balaban J connectivity index is 1.63. The summed E-state index contributed by atoms with van der Waals surface area (Å²) in [7, 11) is 0. The van der Waals surface area contributed by atoms with E-state index in [0.717, 1.165) is 24.1 Å². The third kappa shape index (κ3) is 6.07. The quantitative estimate of drug-likeness (QED) is 0.590. The molecule has 1 heterocycles. The molecule has 1 aromatic heterocycles. The summed E-state index contributed by atoms with van der Waals surface area (Å²) >= 11 is 0. The number of nitrogens with zero attached hydrogens (tertiary/aromatic N) is 2. The first-order chi connectivity index (χ1) is 13.2. The molecule has 0 atom stereocenters. The fraction of sp³-hybridized carbons (Fsp3) is 0.250. The topological polar surface area (TPSA) is 33.2 Å². The van der Waals surface area contributed by atoms with Gasteiger partial charge in [-0.25, -0.2) is 0 Å². The van der Waals surface area contributed by atoms with Crippen LogP contribution >= 0.6 is 0 Å². The van der Waals surface area contributed by atoms with Gasteiger partial charge in [0.25, 0.3) is 0 Å². The molecule has 0 aliphatic carbocycles.